The van der Waals surface area contributed by atoms with Crippen molar-refractivity contribution in [2.24, 2.45) is 0 Å². The molecule has 14 heavy (non-hydrogen) atoms. The average Bonchev–Trinajstić information content (AvgIpc) is 2.17. The minimum Gasteiger partial charge on any atom is -0.241 e. The van der Waals surface area contributed by atoms with Crippen molar-refractivity contribution in [3.63, 3.8) is 0 Å². The molecule has 0 radical (unpaired) electrons. The van der Waals surface area contributed by atoms with E-state index in [0.717, 1.165) is 17.6 Å². The van der Waals surface area contributed by atoms with Gasteiger partial charge in [0.1, 0.15) is 6.33 Å². The van der Waals surface area contributed by atoms with E-state index in [0.29, 0.717) is 0 Å². The molecule has 0 aliphatic rings. The van der Waals surface area contributed by atoms with Gasteiger partial charge in [0.25, 0.3) is 0 Å². The van der Waals surface area contributed by atoms with Gasteiger partial charge in [-0.15, -0.1) is 0 Å². The Balaban J connectivity index is 2.83. The molecule has 0 fully saturated rings. The zero-order chi connectivity index (χ0) is 10.1. The maximum atomic E-state index is 4.30. The molecule has 0 bridgehead atoms. The first-order valence-corrected chi connectivity index (χ1v) is 4.93. The summed E-state index contributed by atoms with van der Waals surface area (Å²) in [6, 6.07) is 4.37. The molecule has 0 amide bonds. The van der Waals surface area contributed by atoms with E-state index in [1.54, 1.807) is 6.33 Å². The molecule has 1 aromatic heterocycles. The third-order valence-corrected chi connectivity index (χ3v) is 2.59. The van der Waals surface area contributed by atoms with Crippen LogP contribution in [0.4, 0.5) is 0 Å². The first-order chi connectivity index (χ1) is 6.72. The third-order valence-electron chi connectivity index (χ3n) is 2.59. The number of hydrogen-bond donors (Lipinski definition) is 0. The number of nitrogens with zero attached hydrogens (tertiary/aromatic N) is 2. The van der Waals surface area contributed by atoms with Crippen LogP contribution in [0.5, 0.6) is 0 Å². The fourth-order valence-electron chi connectivity index (χ4n) is 1.86. The number of fused-ring (bicyclic) bond motifs is 1. The van der Waals surface area contributed by atoms with Crippen molar-refractivity contribution < 1.29 is 0 Å². The van der Waals surface area contributed by atoms with E-state index in [-0.39, 0.29) is 0 Å². The largest absolute Gasteiger partial charge is 0.241 e. The molecule has 1 aromatic carbocycles. The Kier molecular flexibility index (Phi) is 2.20. The van der Waals surface area contributed by atoms with Crippen LogP contribution >= 0.6 is 0 Å². The van der Waals surface area contributed by atoms with Gasteiger partial charge in [-0.3, -0.25) is 0 Å². The lowest BCUT2D eigenvalue weighted by atomic mass is 10.0. The zero-order valence-corrected chi connectivity index (χ0v) is 8.83. The van der Waals surface area contributed by atoms with Crippen molar-refractivity contribution in [1.82, 2.24) is 9.97 Å². The Hall–Kier alpha value is -1.44. The van der Waals surface area contributed by atoms with E-state index in [4.69, 9.17) is 0 Å². The summed E-state index contributed by atoms with van der Waals surface area (Å²) in [5.41, 5.74) is 4.75. The SMILES string of the molecule is CCc1cc(C)c2c(C)ncnc2c1. The number of aryl methyl sites for hydroxylation is 3. The Morgan fingerprint density at radius 3 is 2.64 bits per heavy atom. The Morgan fingerprint density at radius 2 is 1.93 bits per heavy atom. The Bertz CT molecular complexity index is 475. The second-order valence-electron chi connectivity index (χ2n) is 3.62. The van der Waals surface area contributed by atoms with Gasteiger partial charge in [-0.05, 0) is 37.5 Å². The highest BCUT2D eigenvalue weighted by atomic mass is 14.8. The maximum Gasteiger partial charge on any atom is 0.116 e. The summed E-state index contributed by atoms with van der Waals surface area (Å²) in [7, 11) is 0. The maximum absolute atomic E-state index is 4.30. The van der Waals surface area contributed by atoms with Gasteiger partial charge in [0, 0.05) is 11.1 Å². The molecule has 1 heterocycles. The molecular weight excluding hydrogens is 172 g/mol. The molecule has 0 saturated heterocycles. The van der Waals surface area contributed by atoms with Crippen LogP contribution in [0.1, 0.15) is 23.7 Å². The van der Waals surface area contributed by atoms with Crippen molar-refractivity contribution in [3.05, 3.63) is 35.3 Å². The molecule has 0 saturated carbocycles. The van der Waals surface area contributed by atoms with Crippen LogP contribution < -0.4 is 0 Å². The highest BCUT2D eigenvalue weighted by molar-refractivity contribution is 5.84. The molecule has 2 aromatic rings. The van der Waals surface area contributed by atoms with Gasteiger partial charge in [-0.25, -0.2) is 9.97 Å². The lowest BCUT2D eigenvalue weighted by Gasteiger charge is -2.06. The molecule has 72 valence electrons. The predicted molar refractivity (Wildman–Crippen MR) is 58.4 cm³/mol. The van der Waals surface area contributed by atoms with Crippen molar-refractivity contribution in [3.8, 4) is 0 Å². The van der Waals surface area contributed by atoms with Crippen molar-refractivity contribution >= 4 is 10.9 Å². The molecule has 0 aliphatic heterocycles. The van der Waals surface area contributed by atoms with Gasteiger partial charge in [-0.2, -0.15) is 0 Å². The van der Waals surface area contributed by atoms with Crippen molar-refractivity contribution in [2.75, 3.05) is 0 Å². The van der Waals surface area contributed by atoms with Crippen LogP contribution in [0, 0.1) is 13.8 Å². The fourth-order valence-corrected chi connectivity index (χ4v) is 1.86. The number of benzene rings is 1. The topological polar surface area (TPSA) is 25.8 Å². The predicted octanol–water partition coefficient (Wildman–Crippen LogP) is 2.81. The highest BCUT2D eigenvalue weighted by Gasteiger charge is 2.03. The number of aromatic nitrogens is 2. The van der Waals surface area contributed by atoms with Gasteiger partial charge in [0.05, 0.1) is 5.52 Å². The first-order valence-electron chi connectivity index (χ1n) is 4.93. The zero-order valence-electron chi connectivity index (χ0n) is 8.83. The summed E-state index contributed by atoms with van der Waals surface area (Å²) in [6.07, 6.45) is 2.69. The standard InChI is InChI=1S/C12H14N2/c1-4-10-5-8(2)12-9(3)13-7-14-11(12)6-10/h5-7H,4H2,1-3H3. The molecule has 0 aliphatic carbocycles. The first kappa shape index (κ1) is 9.13. The summed E-state index contributed by atoms with van der Waals surface area (Å²) < 4.78 is 0. The summed E-state index contributed by atoms with van der Waals surface area (Å²) in [4.78, 5) is 8.51. The van der Waals surface area contributed by atoms with Crippen LogP contribution in [0.15, 0.2) is 18.5 Å². The molecule has 0 atom stereocenters. The fraction of sp³-hybridized carbons (Fsp3) is 0.333. The Morgan fingerprint density at radius 1 is 1.14 bits per heavy atom. The van der Waals surface area contributed by atoms with Crippen LogP contribution in [0.2, 0.25) is 0 Å². The van der Waals surface area contributed by atoms with Gasteiger partial charge in [0.15, 0.2) is 0 Å². The van der Waals surface area contributed by atoms with Crippen molar-refractivity contribution in [1.29, 1.82) is 0 Å². The summed E-state index contributed by atoms with van der Waals surface area (Å²) in [5, 5.41) is 1.20. The minimum absolute atomic E-state index is 1.06. The second kappa shape index (κ2) is 3.37. The summed E-state index contributed by atoms with van der Waals surface area (Å²) in [6.45, 7) is 6.31. The quantitative estimate of drug-likeness (QED) is 0.684. The summed E-state index contributed by atoms with van der Waals surface area (Å²) >= 11 is 0. The lowest BCUT2D eigenvalue weighted by molar-refractivity contribution is 1.11. The lowest BCUT2D eigenvalue weighted by Crippen LogP contribution is -1.92. The van der Waals surface area contributed by atoms with E-state index >= 15 is 0 Å². The van der Waals surface area contributed by atoms with E-state index in [1.165, 1.54) is 16.5 Å². The number of rotatable bonds is 1. The molecule has 2 rings (SSSR count). The molecule has 2 nitrogen and oxygen atoms in total. The third kappa shape index (κ3) is 1.37. The van der Waals surface area contributed by atoms with E-state index in [1.807, 2.05) is 6.92 Å². The van der Waals surface area contributed by atoms with Gasteiger partial charge >= 0.3 is 0 Å². The van der Waals surface area contributed by atoms with Crippen LogP contribution in [0.3, 0.4) is 0 Å². The smallest absolute Gasteiger partial charge is 0.116 e. The molecule has 0 N–H and O–H groups in total. The Labute approximate surface area is 84.0 Å². The van der Waals surface area contributed by atoms with Crippen LogP contribution in [-0.4, -0.2) is 9.97 Å². The van der Waals surface area contributed by atoms with Gasteiger partial charge in [-0.1, -0.05) is 13.0 Å². The van der Waals surface area contributed by atoms with Crippen LogP contribution in [-0.2, 0) is 6.42 Å². The molecule has 2 heteroatoms. The van der Waals surface area contributed by atoms with Gasteiger partial charge < -0.3 is 0 Å². The van der Waals surface area contributed by atoms with Crippen molar-refractivity contribution in [2.45, 2.75) is 27.2 Å². The van der Waals surface area contributed by atoms with Gasteiger partial charge in [0.2, 0.25) is 0 Å². The summed E-state index contributed by atoms with van der Waals surface area (Å²) in [5.74, 6) is 0. The molecular formula is C12H14N2. The van der Waals surface area contributed by atoms with E-state index < -0.39 is 0 Å². The monoisotopic (exact) mass is 186 g/mol. The molecule has 0 unspecified atom stereocenters. The highest BCUT2D eigenvalue weighted by Crippen LogP contribution is 2.20. The average molecular weight is 186 g/mol. The number of hydrogen-bond acceptors (Lipinski definition) is 2. The normalized spacial score (nSPS) is 10.8. The van der Waals surface area contributed by atoms with E-state index in [2.05, 4.69) is 35.9 Å². The minimum atomic E-state index is 1.06. The molecule has 0 spiro atoms. The van der Waals surface area contributed by atoms with E-state index in [9.17, 15) is 0 Å². The second-order valence-corrected chi connectivity index (χ2v) is 3.62. The van der Waals surface area contributed by atoms with Crippen LogP contribution in [0.25, 0.3) is 10.9 Å².